The van der Waals surface area contributed by atoms with E-state index in [9.17, 15) is 0 Å². The standard InChI is InChI=1S/C14H14BrN5S/c1-2-7-16-14-19-12-11(17-8-18-12)13(20-14)21-10-5-3-9(15)4-6-10/h3-6,8H,2,7H2,1H3,(H2,16,17,18,19,20). The van der Waals surface area contributed by atoms with Crippen molar-refractivity contribution >= 4 is 44.8 Å². The number of rotatable bonds is 5. The molecule has 0 aliphatic carbocycles. The monoisotopic (exact) mass is 363 g/mol. The first kappa shape index (κ1) is 14.3. The molecule has 0 bridgehead atoms. The van der Waals surface area contributed by atoms with Crippen LogP contribution in [0, 0.1) is 0 Å². The lowest BCUT2D eigenvalue weighted by molar-refractivity contribution is 0.943. The number of hydrogen-bond acceptors (Lipinski definition) is 5. The number of aromatic amines is 1. The molecule has 0 fully saturated rings. The average Bonchev–Trinajstić information content (AvgIpc) is 2.96. The van der Waals surface area contributed by atoms with Crippen LogP contribution >= 0.6 is 27.7 Å². The molecule has 0 aliphatic heterocycles. The Morgan fingerprint density at radius 1 is 1.24 bits per heavy atom. The molecule has 5 nitrogen and oxygen atoms in total. The van der Waals surface area contributed by atoms with E-state index in [4.69, 9.17) is 0 Å². The van der Waals surface area contributed by atoms with Crippen LogP contribution in [0.5, 0.6) is 0 Å². The van der Waals surface area contributed by atoms with E-state index in [1.54, 1.807) is 18.1 Å². The second-order valence-electron chi connectivity index (χ2n) is 4.44. The van der Waals surface area contributed by atoms with E-state index in [2.05, 4.69) is 60.2 Å². The van der Waals surface area contributed by atoms with Gasteiger partial charge >= 0.3 is 0 Å². The van der Waals surface area contributed by atoms with Crippen LogP contribution in [0.25, 0.3) is 11.2 Å². The smallest absolute Gasteiger partial charge is 0.225 e. The molecule has 0 saturated carbocycles. The normalized spacial score (nSPS) is 11.0. The molecule has 2 aromatic heterocycles. The van der Waals surface area contributed by atoms with E-state index in [0.717, 1.165) is 32.9 Å². The van der Waals surface area contributed by atoms with Gasteiger partial charge in [0.1, 0.15) is 10.5 Å². The molecule has 21 heavy (non-hydrogen) atoms. The van der Waals surface area contributed by atoms with Crippen LogP contribution in [0.3, 0.4) is 0 Å². The van der Waals surface area contributed by atoms with Gasteiger partial charge in [0.2, 0.25) is 5.95 Å². The predicted octanol–water partition coefficient (Wildman–Crippen LogP) is 4.09. The third-order valence-electron chi connectivity index (χ3n) is 2.81. The highest BCUT2D eigenvalue weighted by atomic mass is 79.9. The molecule has 1 aromatic carbocycles. The minimum absolute atomic E-state index is 0.621. The molecule has 0 saturated heterocycles. The maximum Gasteiger partial charge on any atom is 0.225 e. The lowest BCUT2D eigenvalue weighted by atomic mass is 10.4. The van der Waals surface area contributed by atoms with Gasteiger partial charge in [0.05, 0.1) is 6.33 Å². The lowest BCUT2D eigenvalue weighted by Crippen LogP contribution is -2.05. The van der Waals surface area contributed by atoms with Gasteiger partial charge in [0, 0.05) is 15.9 Å². The molecule has 0 spiro atoms. The van der Waals surface area contributed by atoms with Crippen molar-refractivity contribution in [3.8, 4) is 0 Å². The van der Waals surface area contributed by atoms with Gasteiger partial charge in [-0.15, -0.1) is 0 Å². The van der Waals surface area contributed by atoms with Crippen LogP contribution in [-0.4, -0.2) is 26.5 Å². The Kier molecular flexibility index (Phi) is 4.40. The third-order valence-corrected chi connectivity index (χ3v) is 4.34. The first-order chi connectivity index (χ1) is 10.3. The number of benzene rings is 1. The summed E-state index contributed by atoms with van der Waals surface area (Å²) >= 11 is 5.04. The van der Waals surface area contributed by atoms with Gasteiger partial charge in [-0.05, 0) is 30.7 Å². The third kappa shape index (κ3) is 3.36. The molecule has 3 aromatic rings. The van der Waals surface area contributed by atoms with Gasteiger partial charge in [-0.25, -0.2) is 9.97 Å². The number of hydrogen-bond donors (Lipinski definition) is 2. The number of halogens is 1. The van der Waals surface area contributed by atoms with Gasteiger partial charge in [-0.3, -0.25) is 0 Å². The first-order valence-electron chi connectivity index (χ1n) is 6.64. The number of anilines is 1. The Hall–Kier alpha value is -1.60. The second-order valence-corrected chi connectivity index (χ2v) is 6.41. The van der Waals surface area contributed by atoms with Crippen LogP contribution in [0.2, 0.25) is 0 Å². The van der Waals surface area contributed by atoms with Crippen molar-refractivity contribution in [3.63, 3.8) is 0 Å². The van der Waals surface area contributed by atoms with Crippen LogP contribution in [0.15, 0.2) is 45.0 Å². The minimum Gasteiger partial charge on any atom is -0.354 e. The highest BCUT2D eigenvalue weighted by Crippen LogP contribution is 2.31. The fourth-order valence-corrected chi connectivity index (χ4v) is 2.95. The van der Waals surface area contributed by atoms with Crippen molar-refractivity contribution in [1.29, 1.82) is 0 Å². The molecule has 7 heteroatoms. The van der Waals surface area contributed by atoms with Crippen molar-refractivity contribution in [2.45, 2.75) is 23.3 Å². The van der Waals surface area contributed by atoms with Gasteiger partial charge in [0.25, 0.3) is 0 Å². The zero-order chi connectivity index (χ0) is 14.7. The Bertz CT molecular complexity index is 741. The quantitative estimate of drug-likeness (QED) is 0.668. The summed E-state index contributed by atoms with van der Waals surface area (Å²) in [7, 11) is 0. The molecule has 0 aliphatic rings. The summed E-state index contributed by atoms with van der Waals surface area (Å²) in [6.45, 7) is 2.95. The Labute approximate surface area is 135 Å². The zero-order valence-corrected chi connectivity index (χ0v) is 13.8. The van der Waals surface area contributed by atoms with Crippen molar-refractivity contribution < 1.29 is 0 Å². The molecular formula is C14H14BrN5S. The van der Waals surface area contributed by atoms with Gasteiger partial charge < -0.3 is 10.3 Å². The van der Waals surface area contributed by atoms with E-state index in [0.29, 0.717) is 11.6 Å². The van der Waals surface area contributed by atoms with E-state index >= 15 is 0 Å². The van der Waals surface area contributed by atoms with Crippen molar-refractivity contribution in [3.05, 3.63) is 35.1 Å². The summed E-state index contributed by atoms with van der Waals surface area (Å²) < 4.78 is 1.06. The molecule has 3 rings (SSSR count). The van der Waals surface area contributed by atoms with Crippen LogP contribution in [-0.2, 0) is 0 Å². The Morgan fingerprint density at radius 2 is 2.05 bits per heavy atom. The minimum atomic E-state index is 0.621. The molecule has 108 valence electrons. The van der Waals surface area contributed by atoms with Gasteiger partial charge in [-0.2, -0.15) is 4.98 Å². The second kappa shape index (κ2) is 6.44. The number of aromatic nitrogens is 4. The van der Waals surface area contributed by atoms with Crippen LogP contribution in [0.1, 0.15) is 13.3 Å². The van der Waals surface area contributed by atoms with Crippen LogP contribution in [0.4, 0.5) is 5.95 Å². The first-order valence-corrected chi connectivity index (χ1v) is 8.25. The SMILES string of the molecule is CCCNc1nc(Sc2ccc(Br)cc2)c2[nH]cnc2n1. The van der Waals surface area contributed by atoms with Crippen LogP contribution < -0.4 is 5.32 Å². The fraction of sp³-hybridized carbons (Fsp3) is 0.214. The summed E-state index contributed by atoms with van der Waals surface area (Å²) in [5, 5.41) is 4.09. The molecular weight excluding hydrogens is 350 g/mol. The van der Waals surface area contributed by atoms with E-state index in [-0.39, 0.29) is 0 Å². The Balaban J connectivity index is 1.95. The molecule has 0 radical (unpaired) electrons. The van der Waals surface area contributed by atoms with Crippen molar-refractivity contribution in [2.24, 2.45) is 0 Å². The maximum atomic E-state index is 4.59. The molecule has 0 atom stereocenters. The highest BCUT2D eigenvalue weighted by Gasteiger charge is 2.11. The number of nitrogens with one attached hydrogen (secondary N) is 2. The maximum absolute atomic E-state index is 4.59. The lowest BCUT2D eigenvalue weighted by Gasteiger charge is -2.06. The molecule has 0 amide bonds. The summed E-state index contributed by atoms with van der Waals surface area (Å²) in [5.74, 6) is 0.621. The van der Waals surface area contributed by atoms with E-state index in [1.807, 2.05) is 12.1 Å². The number of imidazole rings is 1. The van der Waals surface area contributed by atoms with Crippen molar-refractivity contribution in [1.82, 2.24) is 19.9 Å². The summed E-state index contributed by atoms with van der Waals surface area (Å²) in [4.78, 5) is 17.5. The summed E-state index contributed by atoms with van der Waals surface area (Å²) in [6.07, 6.45) is 2.67. The fourth-order valence-electron chi connectivity index (χ4n) is 1.81. The highest BCUT2D eigenvalue weighted by molar-refractivity contribution is 9.10. The zero-order valence-electron chi connectivity index (χ0n) is 11.4. The number of H-pyrrole nitrogens is 1. The Morgan fingerprint density at radius 3 is 2.81 bits per heavy atom. The largest absolute Gasteiger partial charge is 0.354 e. The topological polar surface area (TPSA) is 66.5 Å². The number of nitrogens with zero attached hydrogens (tertiary/aromatic N) is 3. The molecule has 2 N–H and O–H groups in total. The average molecular weight is 364 g/mol. The molecule has 0 unspecified atom stereocenters. The number of fused-ring (bicyclic) bond motifs is 1. The predicted molar refractivity (Wildman–Crippen MR) is 88.7 cm³/mol. The summed E-state index contributed by atoms with van der Waals surface area (Å²) in [5.41, 5.74) is 1.55. The van der Waals surface area contributed by atoms with E-state index in [1.165, 1.54) is 0 Å². The summed E-state index contributed by atoms with van der Waals surface area (Å²) in [6, 6.07) is 8.14. The van der Waals surface area contributed by atoms with Gasteiger partial charge in [0.15, 0.2) is 5.65 Å². The van der Waals surface area contributed by atoms with E-state index < -0.39 is 0 Å². The molecule has 2 heterocycles. The van der Waals surface area contributed by atoms with Gasteiger partial charge in [-0.1, -0.05) is 34.6 Å². The van der Waals surface area contributed by atoms with Crippen molar-refractivity contribution in [2.75, 3.05) is 11.9 Å².